The van der Waals surface area contributed by atoms with Gasteiger partial charge in [0.2, 0.25) is 10.0 Å². The average molecular weight is 334 g/mol. The minimum absolute atomic E-state index is 0.368. The third-order valence-electron chi connectivity index (χ3n) is 4.62. The lowest BCUT2D eigenvalue weighted by Gasteiger charge is -2.21. The maximum absolute atomic E-state index is 11.7. The van der Waals surface area contributed by atoms with Crippen molar-refractivity contribution in [3.05, 3.63) is 30.9 Å². The van der Waals surface area contributed by atoms with Crippen molar-refractivity contribution in [1.82, 2.24) is 24.1 Å². The topological polar surface area (TPSA) is 84.2 Å². The molecule has 23 heavy (non-hydrogen) atoms. The van der Waals surface area contributed by atoms with Crippen molar-refractivity contribution in [2.24, 2.45) is 11.8 Å². The molecule has 122 valence electrons. The highest BCUT2D eigenvalue weighted by Gasteiger charge is 2.43. The summed E-state index contributed by atoms with van der Waals surface area (Å²) in [5, 5.41) is 4.18. The van der Waals surface area contributed by atoms with Gasteiger partial charge in [-0.05, 0) is 17.9 Å². The standard InChI is InChI=1S/C14H18N6O2S/c1-23(21,22)19-8-11-6-18(7-12(11)9-19)13-5-14(16-10-15-13)20-4-2-3-17-20/h2-5,10-12H,6-9H2,1H3. The molecule has 0 N–H and O–H groups in total. The van der Waals surface area contributed by atoms with Crippen LogP contribution in [0.4, 0.5) is 5.82 Å². The molecule has 0 saturated carbocycles. The zero-order chi connectivity index (χ0) is 16.0. The van der Waals surface area contributed by atoms with E-state index in [1.807, 2.05) is 18.3 Å². The van der Waals surface area contributed by atoms with E-state index in [0.29, 0.717) is 24.9 Å². The van der Waals surface area contributed by atoms with Crippen LogP contribution in [-0.2, 0) is 10.0 Å². The van der Waals surface area contributed by atoms with Crippen LogP contribution < -0.4 is 4.90 Å². The quantitative estimate of drug-likeness (QED) is 0.785. The second-order valence-electron chi connectivity index (χ2n) is 6.19. The van der Waals surface area contributed by atoms with E-state index in [0.717, 1.165) is 24.7 Å². The molecular weight excluding hydrogens is 316 g/mol. The Hall–Kier alpha value is -2.00. The first-order valence-corrected chi connectivity index (χ1v) is 9.37. The van der Waals surface area contributed by atoms with E-state index >= 15 is 0 Å². The minimum Gasteiger partial charge on any atom is -0.356 e. The van der Waals surface area contributed by atoms with Gasteiger partial charge in [-0.25, -0.2) is 27.4 Å². The molecule has 2 atom stereocenters. The number of aromatic nitrogens is 4. The molecule has 4 heterocycles. The monoisotopic (exact) mass is 334 g/mol. The van der Waals surface area contributed by atoms with Gasteiger partial charge in [0.15, 0.2) is 5.82 Å². The van der Waals surface area contributed by atoms with Crippen LogP contribution in [0, 0.1) is 11.8 Å². The van der Waals surface area contributed by atoms with Gasteiger partial charge in [0, 0.05) is 44.6 Å². The van der Waals surface area contributed by atoms with Gasteiger partial charge in [-0.15, -0.1) is 0 Å². The smallest absolute Gasteiger partial charge is 0.211 e. The van der Waals surface area contributed by atoms with Crippen LogP contribution in [-0.4, -0.2) is 64.9 Å². The molecule has 0 radical (unpaired) electrons. The van der Waals surface area contributed by atoms with Crippen LogP contribution in [0.3, 0.4) is 0 Å². The number of hydrogen-bond acceptors (Lipinski definition) is 6. The number of rotatable bonds is 3. The van der Waals surface area contributed by atoms with Gasteiger partial charge in [0.05, 0.1) is 6.26 Å². The first-order chi connectivity index (χ1) is 11.0. The summed E-state index contributed by atoms with van der Waals surface area (Å²) in [7, 11) is -3.09. The number of hydrogen-bond donors (Lipinski definition) is 0. The molecule has 0 spiro atoms. The van der Waals surface area contributed by atoms with E-state index < -0.39 is 10.0 Å². The molecule has 4 rings (SSSR count). The van der Waals surface area contributed by atoms with Gasteiger partial charge in [-0.3, -0.25) is 0 Å². The highest BCUT2D eigenvalue weighted by Crippen LogP contribution is 2.34. The Morgan fingerprint density at radius 2 is 1.78 bits per heavy atom. The van der Waals surface area contributed by atoms with Gasteiger partial charge >= 0.3 is 0 Å². The molecule has 9 heteroatoms. The Morgan fingerprint density at radius 3 is 2.39 bits per heavy atom. The van der Waals surface area contributed by atoms with Crippen LogP contribution in [0.15, 0.2) is 30.9 Å². The molecule has 0 aromatic carbocycles. The van der Waals surface area contributed by atoms with Crippen molar-refractivity contribution in [3.8, 4) is 5.82 Å². The summed E-state index contributed by atoms with van der Waals surface area (Å²) in [4.78, 5) is 10.8. The van der Waals surface area contributed by atoms with Crippen molar-refractivity contribution >= 4 is 15.8 Å². The summed E-state index contributed by atoms with van der Waals surface area (Å²) in [5.74, 6) is 2.33. The van der Waals surface area contributed by atoms with Crippen molar-refractivity contribution < 1.29 is 8.42 Å². The Bertz CT molecular complexity index is 792. The predicted octanol–water partition coefficient (Wildman–Crippen LogP) is -0.0101. The van der Waals surface area contributed by atoms with Gasteiger partial charge in [-0.1, -0.05) is 0 Å². The molecule has 8 nitrogen and oxygen atoms in total. The summed E-state index contributed by atoms with van der Waals surface area (Å²) in [6.45, 7) is 2.87. The summed E-state index contributed by atoms with van der Waals surface area (Å²) < 4.78 is 26.6. The molecule has 2 fully saturated rings. The van der Waals surface area contributed by atoms with Crippen LogP contribution >= 0.6 is 0 Å². The minimum atomic E-state index is -3.09. The van der Waals surface area contributed by atoms with Crippen molar-refractivity contribution in [2.75, 3.05) is 37.3 Å². The van der Waals surface area contributed by atoms with Crippen LogP contribution in [0.25, 0.3) is 5.82 Å². The lowest BCUT2D eigenvalue weighted by atomic mass is 10.0. The van der Waals surface area contributed by atoms with E-state index in [4.69, 9.17) is 0 Å². The van der Waals surface area contributed by atoms with Crippen molar-refractivity contribution in [2.45, 2.75) is 0 Å². The molecule has 0 amide bonds. The first-order valence-electron chi connectivity index (χ1n) is 7.53. The largest absolute Gasteiger partial charge is 0.356 e. The third-order valence-corrected chi connectivity index (χ3v) is 5.86. The molecular formula is C14H18N6O2S. The normalized spacial score (nSPS) is 25.0. The van der Waals surface area contributed by atoms with Gasteiger partial charge in [0.1, 0.15) is 12.1 Å². The van der Waals surface area contributed by atoms with Crippen molar-refractivity contribution in [1.29, 1.82) is 0 Å². The summed E-state index contributed by atoms with van der Waals surface area (Å²) in [6, 6.07) is 3.77. The van der Waals surface area contributed by atoms with E-state index in [1.54, 1.807) is 21.5 Å². The Kier molecular flexibility index (Phi) is 3.34. The van der Waals surface area contributed by atoms with Gasteiger partial charge < -0.3 is 4.90 Å². The second kappa shape index (κ2) is 5.27. The molecule has 2 unspecified atom stereocenters. The zero-order valence-electron chi connectivity index (χ0n) is 12.8. The molecule has 2 aliphatic heterocycles. The van der Waals surface area contributed by atoms with E-state index in [9.17, 15) is 8.42 Å². The Morgan fingerprint density at radius 1 is 1.09 bits per heavy atom. The number of sulfonamides is 1. The molecule has 2 aromatic heterocycles. The highest BCUT2D eigenvalue weighted by atomic mass is 32.2. The Balaban J connectivity index is 1.51. The van der Waals surface area contributed by atoms with Crippen LogP contribution in [0.5, 0.6) is 0 Å². The fourth-order valence-electron chi connectivity index (χ4n) is 3.45. The number of nitrogens with zero attached hydrogens (tertiary/aromatic N) is 6. The maximum Gasteiger partial charge on any atom is 0.211 e. The average Bonchev–Trinajstić information content (AvgIpc) is 3.22. The van der Waals surface area contributed by atoms with Crippen molar-refractivity contribution in [3.63, 3.8) is 0 Å². The zero-order valence-corrected chi connectivity index (χ0v) is 13.6. The van der Waals surface area contributed by atoms with E-state index in [2.05, 4.69) is 20.0 Å². The highest BCUT2D eigenvalue weighted by molar-refractivity contribution is 7.88. The summed E-state index contributed by atoms with van der Waals surface area (Å²) in [5.41, 5.74) is 0. The molecule has 0 aliphatic carbocycles. The Labute approximate surface area is 134 Å². The van der Waals surface area contributed by atoms with E-state index in [1.165, 1.54) is 6.26 Å². The lowest BCUT2D eigenvalue weighted by molar-refractivity contribution is 0.458. The fraction of sp³-hybridized carbons (Fsp3) is 0.500. The predicted molar refractivity (Wildman–Crippen MR) is 84.8 cm³/mol. The fourth-order valence-corrected chi connectivity index (χ4v) is 4.37. The SMILES string of the molecule is CS(=O)(=O)N1CC2CN(c3cc(-n4cccn4)ncn3)CC2C1. The van der Waals surface area contributed by atoms with Crippen LogP contribution in [0.1, 0.15) is 0 Å². The maximum atomic E-state index is 11.7. The lowest BCUT2D eigenvalue weighted by Crippen LogP contribution is -2.32. The summed E-state index contributed by atoms with van der Waals surface area (Å²) in [6.07, 6.45) is 6.38. The summed E-state index contributed by atoms with van der Waals surface area (Å²) >= 11 is 0. The molecule has 2 aliphatic rings. The molecule has 2 aromatic rings. The second-order valence-corrected chi connectivity index (χ2v) is 8.17. The first kappa shape index (κ1) is 14.6. The molecule has 0 bridgehead atoms. The van der Waals surface area contributed by atoms with E-state index in [-0.39, 0.29) is 0 Å². The van der Waals surface area contributed by atoms with Gasteiger partial charge in [-0.2, -0.15) is 5.10 Å². The van der Waals surface area contributed by atoms with Crippen LogP contribution in [0.2, 0.25) is 0 Å². The van der Waals surface area contributed by atoms with Gasteiger partial charge in [0.25, 0.3) is 0 Å². The number of anilines is 1. The molecule has 2 saturated heterocycles. The number of fused-ring (bicyclic) bond motifs is 1. The third kappa shape index (κ3) is 2.70.